The molecule has 2 nitrogen and oxygen atoms in total. The fourth-order valence-corrected chi connectivity index (χ4v) is 2.45. The maximum absolute atomic E-state index is 12.5. The lowest BCUT2D eigenvalue weighted by Gasteiger charge is -2.07. The molecule has 0 aliphatic rings. The van der Waals surface area contributed by atoms with E-state index in [1.54, 1.807) is 6.20 Å². The average molecular weight is 270 g/mol. The molecular weight excluding hydrogens is 258 g/mol. The number of benzene rings is 2. The quantitative estimate of drug-likeness (QED) is 0.557. The van der Waals surface area contributed by atoms with Crippen molar-refractivity contribution in [3.63, 3.8) is 0 Å². The molecule has 0 fully saturated rings. The lowest BCUT2D eigenvalue weighted by Crippen LogP contribution is -2.06. The van der Waals surface area contributed by atoms with E-state index in [9.17, 15) is 4.79 Å². The molecule has 0 amide bonds. The number of carbonyl (C=O) groups excluding carboxylic acids is 1. The lowest BCUT2D eigenvalue weighted by atomic mass is 10.0. The summed E-state index contributed by atoms with van der Waals surface area (Å²) in [5.74, 6) is -0.0784. The van der Waals surface area contributed by atoms with Gasteiger partial charge in [0.15, 0.2) is 5.78 Å². The largest absolute Gasteiger partial charge is 0.360 e. The van der Waals surface area contributed by atoms with Crippen molar-refractivity contribution in [1.29, 1.82) is 0 Å². The molecule has 0 radical (unpaired) electrons. The van der Waals surface area contributed by atoms with Crippen LogP contribution < -0.4 is 0 Å². The monoisotopic (exact) mass is 269 g/mol. The lowest BCUT2D eigenvalue weighted by molar-refractivity contribution is 0.0988. The summed E-state index contributed by atoms with van der Waals surface area (Å²) in [6, 6.07) is 17.1. The van der Waals surface area contributed by atoms with E-state index in [4.69, 9.17) is 11.6 Å². The standard InChI is InChI=1S/C16H12ClNO/c17-15(11-6-2-1-3-7-11)16(19)13-10-18-14-9-5-4-8-12(13)14/h1-10,15,18H/t15-/m0/s1. The molecule has 0 aliphatic carbocycles. The van der Waals surface area contributed by atoms with Crippen LogP contribution in [-0.2, 0) is 0 Å². The van der Waals surface area contributed by atoms with Crippen LogP contribution in [0.15, 0.2) is 60.8 Å². The van der Waals surface area contributed by atoms with E-state index in [1.807, 2.05) is 54.6 Å². The van der Waals surface area contributed by atoms with Gasteiger partial charge in [0, 0.05) is 22.7 Å². The zero-order valence-electron chi connectivity index (χ0n) is 10.1. The topological polar surface area (TPSA) is 32.9 Å². The fourth-order valence-electron chi connectivity index (χ4n) is 2.19. The van der Waals surface area contributed by atoms with E-state index < -0.39 is 5.38 Å². The molecule has 2 aromatic carbocycles. The first kappa shape index (κ1) is 12.0. The number of aromatic amines is 1. The highest BCUT2D eigenvalue weighted by atomic mass is 35.5. The molecule has 19 heavy (non-hydrogen) atoms. The Morgan fingerprint density at radius 1 is 1.00 bits per heavy atom. The highest BCUT2D eigenvalue weighted by Gasteiger charge is 2.21. The SMILES string of the molecule is O=C(c1c[nH]c2ccccc12)[C@@H](Cl)c1ccccc1. The third-order valence-corrected chi connectivity index (χ3v) is 3.63. The Labute approximate surface area is 116 Å². The second kappa shape index (κ2) is 4.90. The van der Waals surface area contributed by atoms with E-state index in [0.717, 1.165) is 16.5 Å². The number of ketones is 1. The van der Waals surface area contributed by atoms with Gasteiger partial charge in [-0.2, -0.15) is 0 Å². The molecule has 3 heteroatoms. The number of para-hydroxylation sites is 1. The highest BCUT2D eigenvalue weighted by molar-refractivity contribution is 6.35. The highest BCUT2D eigenvalue weighted by Crippen LogP contribution is 2.28. The normalized spacial score (nSPS) is 12.5. The number of alkyl halides is 1. The smallest absolute Gasteiger partial charge is 0.187 e. The average Bonchev–Trinajstić information content (AvgIpc) is 2.90. The first-order valence-corrected chi connectivity index (χ1v) is 6.50. The minimum absolute atomic E-state index is 0.0784. The van der Waals surface area contributed by atoms with Crippen LogP contribution in [-0.4, -0.2) is 10.8 Å². The maximum Gasteiger partial charge on any atom is 0.187 e. The third-order valence-electron chi connectivity index (χ3n) is 3.18. The molecule has 1 heterocycles. The van der Waals surface area contributed by atoms with Crippen molar-refractivity contribution in [1.82, 2.24) is 4.98 Å². The first-order chi connectivity index (χ1) is 9.27. The van der Waals surface area contributed by atoms with Gasteiger partial charge in [-0.1, -0.05) is 48.5 Å². The number of H-pyrrole nitrogens is 1. The molecular formula is C16H12ClNO. The van der Waals surface area contributed by atoms with Crippen molar-refractivity contribution in [2.45, 2.75) is 5.38 Å². The van der Waals surface area contributed by atoms with Crippen molar-refractivity contribution < 1.29 is 4.79 Å². The molecule has 0 saturated heterocycles. The Kier molecular flexibility index (Phi) is 3.10. The van der Waals surface area contributed by atoms with Crippen molar-refractivity contribution in [3.05, 3.63) is 71.9 Å². The summed E-state index contributed by atoms with van der Waals surface area (Å²) < 4.78 is 0. The number of carbonyl (C=O) groups is 1. The zero-order valence-corrected chi connectivity index (χ0v) is 10.9. The molecule has 94 valence electrons. The molecule has 1 aromatic heterocycles. The third kappa shape index (κ3) is 2.15. The summed E-state index contributed by atoms with van der Waals surface area (Å²) in [4.78, 5) is 15.6. The van der Waals surface area contributed by atoms with Crippen molar-refractivity contribution in [3.8, 4) is 0 Å². The zero-order chi connectivity index (χ0) is 13.2. The van der Waals surface area contributed by atoms with E-state index in [-0.39, 0.29) is 5.78 Å². The van der Waals surface area contributed by atoms with Gasteiger partial charge >= 0.3 is 0 Å². The van der Waals surface area contributed by atoms with Gasteiger partial charge in [-0.05, 0) is 11.6 Å². The van der Waals surface area contributed by atoms with Crippen LogP contribution in [0.2, 0.25) is 0 Å². The number of aromatic nitrogens is 1. The second-order valence-corrected chi connectivity index (χ2v) is 4.82. The molecule has 0 unspecified atom stereocenters. The van der Waals surface area contributed by atoms with E-state index in [1.165, 1.54) is 0 Å². The minimum atomic E-state index is -0.652. The first-order valence-electron chi connectivity index (χ1n) is 6.07. The molecule has 0 aliphatic heterocycles. The fraction of sp³-hybridized carbons (Fsp3) is 0.0625. The number of Topliss-reactive ketones (excluding diaryl/α,β-unsaturated/α-hetero) is 1. The predicted molar refractivity (Wildman–Crippen MR) is 77.7 cm³/mol. The van der Waals surface area contributed by atoms with Crippen LogP contribution in [0.25, 0.3) is 10.9 Å². The van der Waals surface area contributed by atoms with Crippen LogP contribution in [0.5, 0.6) is 0 Å². The van der Waals surface area contributed by atoms with Crippen LogP contribution in [0.1, 0.15) is 21.3 Å². The van der Waals surface area contributed by atoms with Gasteiger partial charge in [-0.15, -0.1) is 11.6 Å². The van der Waals surface area contributed by atoms with Gasteiger partial charge < -0.3 is 4.98 Å². The van der Waals surface area contributed by atoms with Gasteiger partial charge in [-0.25, -0.2) is 0 Å². The van der Waals surface area contributed by atoms with E-state index >= 15 is 0 Å². The molecule has 0 saturated carbocycles. The van der Waals surface area contributed by atoms with Gasteiger partial charge in [0.2, 0.25) is 0 Å². The number of nitrogens with one attached hydrogen (secondary N) is 1. The van der Waals surface area contributed by atoms with Crippen LogP contribution in [0.4, 0.5) is 0 Å². The summed E-state index contributed by atoms with van der Waals surface area (Å²) >= 11 is 6.29. The van der Waals surface area contributed by atoms with Crippen molar-refractivity contribution >= 4 is 28.3 Å². The molecule has 1 N–H and O–H groups in total. The summed E-state index contributed by atoms with van der Waals surface area (Å²) in [7, 11) is 0. The Hall–Kier alpha value is -2.06. The van der Waals surface area contributed by atoms with Crippen molar-refractivity contribution in [2.75, 3.05) is 0 Å². The molecule has 0 spiro atoms. The van der Waals surface area contributed by atoms with Crippen LogP contribution >= 0.6 is 11.6 Å². The van der Waals surface area contributed by atoms with Crippen LogP contribution in [0, 0.1) is 0 Å². The Morgan fingerprint density at radius 3 is 2.47 bits per heavy atom. The van der Waals surface area contributed by atoms with E-state index in [2.05, 4.69) is 4.98 Å². The Balaban J connectivity index is 2.00. The summed E-state index contributed by atoms with van der Waals surface area (Å²) in [6.07, 6.45) is 1.73. The number of halogens is 1. The molecule has 3 aromatic rings. The summed E-state index contributed by atoms with van der Waals surface area (Å²) in [6.45, 7) is 0. The maximum atomic E-state index is 12.5. The predicted octanol–water partition coefficient (Wildman–Crippen LogP) is 4.33. The minimum Gasteiger partial charge on any atom is -0.360 e. The number of rotatable bonds is 3. The molecule has 0 bridgehead atoms. The van der Waals surface area contributed by atoms with Gasteiger partial charge in [-0.3, -0.25) is 4.79 Å². The number of hydrogen-bond donors (Lipinski definition) is 1. The van der Waals surface area contributed by atoms with Gasteiger partial charge in [0.25, 0.3) is 0 Å². The summed E-state index contributed by atoms with van der Waals surface area (Å²) in [5.41, 5.74) is 2.40. The van der Waals surface area contributed by atoms with Crippen molar-refractivity contribution in [2.24, 2.45) is 0 Å². The Morgan fingerprint density at radius 2 is 1.68 bits per heavy atom. The van der Waals surface area contributed by atoms with E-state index in [0.29, 0.717) is 5.56 Å². The number of hydrogen-bond acceptors (Lipinski definition) is 1. The Bertz CT molecular complexity index is 718. The van der Waals surface area contributed by atoms with Crippen LogP contribution in [0.3, 0.4) is 0 Å². The summed E-state index contributed by atoms with van der Waals surface area (Å²) in [5, 5.41) is 0.259. The van der Waals surface area contributed by atoms with Gasteiger partial charge in [0.05, 0.1) is 0 Å². The molecule has 3 rings (SSSR count). The second-order valence-electron chi connectivity index (χ2n) is 4.39. The molecule has 1 atom stereocenters. The number of fused-ring (bicyclic) bond motifs is 1. The van der Waals surface area contributed by atoms with Gasteiger partial charge in [0.1, 0.15) is 5.38 Å².